The van der Waals surface area contributed by atoms with Crippen molar-refractivity contribution in [3.05, 3.63) is 28.3 Å². The van der Waals surface area contributed by atoms with Crippen molar-refractivity contribution in [2.24, 2.45) is 0 Å². The maximum absolute atomic E-state index is 12.2. The number of ether oxygens (including phenoxy) is 1. The van der Waals surface area contributed by atoms with Crippen LogP contribution in [0.5, 0.6) is 11.5 Å². The van der Waals surface area contributed by atoms with Crippen LogP contribution in [0.25, 0.3) is 10.9 Å². The van der Waals surface area contributed by atoms with Gasteiger partial charge in [0.05, 0.1) is 18.0 Å². The molecule has 0 saturated carbocycles. The molecule has 17 heavy (non-hydrogen) atoms. The van der Waals surface area contributed by atoms with Crippen molar-refractivity contribution in [3.63, 3.8) is 0 Å². The Morgan fingerprint density at radius 2 is 2.29 bits per heavy atom. The molecule has 0 bridgehead atoms. The summed E-state index contributed by atoms with van der Waals surface area (Å²) >= 11 is 0. The van der Waals surface area contributed by atoms with Gasteiger partial charge in [0.25, 0.3) is 5.56 Å². The zero-order valence-corrected chi connectivity index (χ0v) is 9.43. The average Bonchev–Trinajstić information content (AvgIpc) is 2.77. The van der Waals surface area contributed by atoms with Crippen LogP contribution in [0.2, 0.25) is 0 Å². The van der Waals surface area contributed by atoms with E-state index in [4.69, 9.17) is 4.74 Å². The van der Waals surface area contributed by atoms with Crippen LogP contribution in [0.1, 0.15) is 12.2 Å². The summed E-state index contributed by atoms with van der Waals surface area (Å²) in [4.78, 5) is 16.6. The van der Waals surface area contributed by atoms with Crippen molar-refractivity contribution < 1.29 is 9.84 Å². The van der Waals surface area contributed by atoms with E-state index in [-0.39, 0.29) is 11.3 Å². The average molecular weight is 232 g/mol. The number of nitrogens with zero attached hydrogens (tertiary/aromatic N) is 2. The van der Waals surface area contributed by atoms with Crippen LogP contribution in [0.4, 0.5) is 0 Å². The molecule has 5 nitrogen and oxygen atoms in total. The molecule has 2 heterocycles. The molecule has 1 aliphatic rings. The van der Waals surface area contributed by atoms with Gasteiger partial charge in [0.1, 0.15) is 5.82 Å². The van der Waals surface area contributed by atoms with E-state index in [2.05, 4.69) is 4.98 Å². The maximum Gasteiger partial charge on any atom is 0.261 e. The van der Waals surface area contributed by atoms with Gasteiger partial charge < -0.3 is 9.84 Å². The van der Waals surface area contributed by atoms with Gasteiger partial charge in [-0.25, -0.2) is 4.98 Å². The molecule has 5 heteroatoms. The normalized spacial score (nSPS) is 13.9. The summed E-state index contributed by atoms with van der Waals surface area (Å²) in [5.74, 6) is 1.11. The quantitative estimate of drug-likeness (QED) is 0.798. The van der Waals surface area contributed by atoms with E-state index < -0.39 is 0 Å². The smallest absolute Gasteiger partial charge is 0.261 e. The van der Waals surface area contributed by atoms with Gasteiger partial charge in [-0.15, -0.1) is 0 Å². The molecule has 0 aliphatic carbocycles. The molecule has 88 valence electrons. The summed E-state index contributed by atoms with van der Waals surface area (Å²) in [6.07, 6.45) is 1.76. The minimum Gasteiger partial charge on any atom is -0.504 e. The molecule has 1 aromatic heterocycles. The van der Waals surface area contributed by atoms with Crippen LogP contribution in [-0.2, 0) is 13.0 Å². The third kappa shape index (κ3) is 1.39. The Morgan fingerprint density at radius 3 is 3.06 bits per heavy atom. The predicted molar refractivity (Wildman–Crippen MR) is 62.5 cm³/mol. The molecule has 1 aliphatic heterocycles. The Kier molecular flexibility index (Phi) is 2.07. The van der Waals surface area contributed by atoms with E-state index in [1.54, 1.807) is 10.6 Å². The van der Waals surface area contributed by atoms with E-state index in [0.29, 0.717) is 16.7 Å². The minimum absolute atomic E-state index is 0.00912. The molecule has 1 aromatic carbocycles. The van der Waals surface area contributed by atoms with E-state index in [1.165, 1.54) is 13.2 Å². The zero-order valence-electron chi connectivity index (χ0n) is 9.43. The van der Waals surface area contributed by atoms with Gasteiger partial charge in [-0.05, 0) is 12.5 Å². The van der Waals surface area contributed by atoms with Gasteiger partial charge in [-0.2, -0.15) is 0 Å². The monoisotopic (exact) mass is 232 g/mol. The molecule has 0 unspecified atom stereocenters. The number of phenols is 1. The Morgan fingerprint density at radius 1 is 1.47 bits per heavy atom. The molecule has 1 N–H and O–H groups in total. The molecule has 0 saturated heterocycles. The Hall–Kier alpha value is -2.04. The highest BCUT2D eigenvalue weighted by Crippen LogP contribution is 2.29. The Balaban J connectivity index is 2.40. The van der Waals surface area contributed by atoms with Gasteiger partial charge in [0.15, 0.2) is 11.5 Å². The lowest BCUT2D eigenvalue weighted by Crippen LogP contribution is -2.20. The highest BCUT2D eigenvalue weighted by Gasteiger charge is 2.17. The molecular weight excluding hydrogens is 220 g/mol. The highest BCUT2D eigenvalue weighted by molar-refractivity contribution is 5.81. The van der Waals surface area contributed by atoms with Crippen LogP contribution < -0.4 is 10.3 Å². The third-order valence-electron chi connectivity index (χ3n) is 3.12. The van der Waals surface area contributed by atoms with Crippen molar-refractivity contribution >= 4 is 10.9 Å². The Bertz CT molecular complexity index is 661. The van der Waals surface area contributed by atoms with Crippen LogP contribution >= 0.6 is 0 Å². The number of phenolic OH excluding ortho intramolecular Hbond substituents is 1. The molecule has 0 fully saturated rings. The van der Waals surface area contributed by atoms with Gasteiger partial charge in [0, 0.05) is 19.0 Å². The standard InChI is InChI=1S/C12H12N2O3/c1-17-10-5-7-8(6-9(10)15)13-11-3-2-4-14(11)12(7)16/h5-6,15H,2-4H2,1H3. The van der Waals surface area contributed by atoms with Gasteiger partial charge in [0.2, 0.25) is 0 Å². The molecule has 0 spiro atoms. The zero-order chi connectivity index (χ0) is 12.0. The summed E-state index contributed by atoms with van der Waals surface area (Å²) in [7, 11) is 1.46. The number of aromatic hydroxyl groups is 1. The van der Waals surface area contributed by atoms with Crippen LogP contribution in [0, 0.1) is 0 Å². The van der Waals surface area contributed by atoms with Crippen molar-refractivity contribution in [3.8, 4) is 11.5 Å². The lowest BCUT2D eigenvalue weighted by atomic mass is 10.2. The number of hydrogen-bond donors (Lipinski definition) is 1. The first kappa shape index (κ1) is 10.1. The van der Waals surface area contributed by atoms with Crippen LogP contribution in [-0.4, -0.2) is 21.8 Å². The summed E-state index contributed by atoms with van der Waals surface area (Å²) in [5, 5.41) is 10.2. The summed E-state index contributed by atoms with van der Waals surface area (Å²) in [6, 6.07) is 3.03. The van der Waals surface area contributed by atoms with Crippen molar-refractivity contribution in [2.45, 2.75) is 19.4 Å². The number of methoxy groups -OCH3 is 1. The highest BCUT2D eigenvalue weighted by atomic mass is 16.5. The topological polar surface area (TPSA) is 64.4 Å². The summed E-state index contributed by atoms with van der Waals surface area (Å²) in [5.41, 5.74) is 0.474. The number of aromatic nitrogens is 2. The fourth-order valence-electron chi connectivity index (χ4n) is 2.26. The molecule has 0 amide bonds. The maximum atomic E-state index is 12.2. The molecule has 0 radical (unpaired) electrons. The first-order valence-corrected chi connectivity index (χ1v) is 5.51. The number of hydrogen-bond acceptors (Lipinski definition) is 4. The first-order chi connectivity index (χ1) is 8.20. The third-order valence-corrected chi connectivity index (χ3v) is 3.12. The van der Waals surface area contributed by atoms with E-state index in [0.717, 1.165) is 25.2 Å². The van der Waals surface area contributed by atoms with Crippen molar-refractivity contribution in [2.75, 3.05) is 7.11 Å². The predicted octanol–water partition coefficient (Wildman–Crippen LogP) is 1.06. The second-order valence-corrected chi connectivity index (χ2v) is 4.13. The fraction of sp³-hybridized carbons (Fsp3) is 0.333. The minimum atomic E-state index is -0.0548. The summed E-state index contributed by atoms with van der Waals surface area (Å²) in [6.45, 7) is 0.723. The lowest BCUT2D eigenvalue weighted by molar-refractivity contribution is 0.374. The Labute approximate surface area is 97.3 Å². The molecule has 0 atom stereocenters. The SMILES string of the molecule is COc1cc2c(=O)n3c(nc2cc1O)CCC3. The second kappa shape index (κ2) is 3.48. The molecule has 3 rings (SSSR count). The largest absolute Gasteiger partial charge is 0.504 e. The van der Waals surface area contributed by atoms with E-state index in [9.17, 15) is 9.90 Å². The fourth-order valence-corrected chi connectivity index (χ4v) is 2.26. The van der Waals surface area contributed by atoms with Gasteiger partial charge >= 0.3 is 0 Å². The lowest BCUT2D eigenvalue weighted by Gasteiger charge is -2.07. The van der Waals surface area contributed by atoms with Crippen LogP contribution in [0.3, 0.4) is 0 Å². The number of benzene rings is 1. The number of rotatable bonds is 1. The number of fused-ring (bicyclic) bond motifs is 2. The number of aryl methyl sites for hydroxylation is 1. The first-order valence-electron chi connectivity index (χ1n) is 5.51. The van der Waals surface area contributed by atoms with E-state index >= 15 is 0 Å². The second-order valence-electron chi connectivity index (χ2n) is 4.13. The summed E-state index contributed by atoms with van der Waals surface area (Å²) < 4.78 is 6.69. The van der Waals surface area contributed by atoms with E-state index in [1.807, 2.05) is 0 Å². The van der Waals surface area contributed by atoms with Crippen molar-refractivity contribution in [1.82, 2.24) is 9.55 Å². The van der Waals surface area contributed by atoms with Gasteiger partial charge in [-0.1, -0.05) is 0 Å². The molecular formula is C12H12N2O3. The molecule has 2 aromatic rings. The van der Waals surface area contributed by atoms with Gasteiger partial charge in [-0.3, -0.25) is 9.36 Å². The van der Waals surface area contributed by atoms with Crippen LogP contribution in [0.15, 0.2) is 16.9 Å². The van der Waals surface area contributed by atoms with Crippen molar-refractivity contribution in [1.29, 1.82) is 0 Å².